The average Bonchev–Trinajstić information content (AvgIpc) is 3.78. The fraction of sp³-hybridized carbons (Fsp3) is 0.0606. The highest BCUT2D eigenvalue weighted by molar-refractivity contribution is 6.30. The number of carbonyl (C=O) groups is 3. The van der Waals surface area contributed by atoms with E-state index in [1.807, 2.05) is 42.5 Å². The van der Waals surface area contributed by atoms with Gasteiger partial charge in [-0.15, -0.1) is 5.10 Å². The highest BCUT2D eigenvalue weighted by Gasteiger charge is 2.21. The van der Waals surface area contributed by atoms with E-state index < -0.39 is 23.9 Å². The third-order valence-electron chi connectivity index (χ3n) is 7.02. The van der Waals surface area contributed by atoms with Crippen molar-refractivity contribution >= 4 is 63.5 Å². The Hall–Kier alpha value is -6.34. The Bertz CT molecular complexity index is 2040. The van der Waals surface area contributed by atoms with Gasteiger partial charge < -0.3 is 21.3 Å². The number of hydrogen-bond donors (Lipinski definition) is 5. The number of urea groups is 1. The number of carbonyl (C=O) groups excluding carboxylic acids is 3. The number of nitrogens with one attached hydrogen (secondary N) is 5. The molecule has 4 aromatic carbocycles. The zero-order valence-corrected chi connectivity index (χ0v) is 25.3. The van der Waals surface area contributed by atoms with Crippen molar-refractivity contribution in [2.75, 3.05) is 16.0 Å². The van der Waals surface area contributed by atoms with E-state index in [-0.39, 0.29) is 6.42 Å². The summed E-state index contributed by atoms with van der Waals surface area (Å²) in [5, 5.41) is 30.6. The van der Waals surface area contributed by atoms with Crippen LogP contribution in [0, 0.1) is 0 Å². The number of nitrogens with zero attached hydrogens (tertiary/aromatic N) is 5. The molecular weight excluding hydrogens is 620 g/mol. The highest BCUT2D eigenvalue weighted by atomic mass is 35.5. The first-order valence-electron chi connectivity index (χ1n) is 14.4. The van der Waals surface area contributed by atoms with Gasteiger partial charge in [0, 0.05) is 45.5 Å². The smallest absolute Gasteiger partial charge is 0.323 e. The molecule has 0 saturated carbocycles. The van der Waals surface area contributed by atoms with Crippen LogP contribution in [0.4, 0.5) is 21.9 Å². The van der Waals surface area contributed by atoms with Gasteiger partial charge in [0.05, 0.1) is 17.4 Å². The van der Waals surface area contributed by atoms with Gasteiger partial charge in [0.15, 0.2) is 0 Å². The maximum atomic E-state index is 13.4. The number of aromatic amines is 1. The van der Waals surface area contributed by atoms with Crippen molar-refractivity contribution in [3.05, 3.63) is 126 Å². The summed E-state index contributed by atoms with van der Waals surface area (Å²) in [5.41, 5.74) is 4.57. The molecule has 234 valence electrons. The Morgan fingerprint density at radius 2 is 1.62 bits per heavy atom. The molecule has 0 radical (unpaired) electrons. The van der Waals surface area contributed by atoms with Crippen LogP contribution in [0.5, 0.6) is 0 Å². The van der Waals surface area contributed by atoms with E-state index >= 15 is 0 Å². The number of anilines is 3. The molecule has 2 heterocycles. The van der Waals surface area contributed by atoms with Gasteiger partial charge in [-0.25, -0.2) is 4.79 Å². The fourth-order valence-electron chi connectivity index (χ4n) is 4.76. The summed E-state index contributed by atoms with van der Waals surface area (Å²) in [6, 6.07) is 25.2. The van der Waals surface area contributed by atoms with Crippen molar-refractivity contribution in [1.29, 1.82) is 0 Å². The summed E-state index contributed by atoms with van der Waals surface area (Å²) < 4.78 is 1.45. The first-order valence-corrected chi connectivity index (χ1v) is 14.7. The van der Waals surface area contributed by atoms with Gasteiger partial charge in [0.2, 0.25) is 11.8 Å². The molecule has 2 aromatic heterocycles. The summed E-state index contributed by atoms with van der Waals surface area (Å²) in [4.78, 5) is 39.1. The molecule has 0 bridgehead atoms. The quantitative estimate of drug-likeness (QED) is 0.127. The van der Waals surface area contributed by atoms with E-state index in [1.54, 1.807) is 60.8 Å². The molecule has 6 aromatic rings. The van der Waals surface area contributed by atoms with Crippen LogP contribution in [-0.4, -0.2) is 54.3 Å². The number of rotatable bonds is 10. The first kappa shape index (κ1) is 30.7. The second-order valence-corrected chi connectivity index (χ2v) is 10.8. The minimum Gasteiger partial charge on any atom is -0.340 e. The van der Waals surface area contributed by atoms with Gasteiger partial charge in [0.25, 0.3) is 0 Å². The van der Waals surface area contributed by atoms with E-state index in [1.165, 1.54) is 17.1 Å². The zero-order chi connectivity index (χ0) is 32.6. The topological polar surface area (TPSA) is 172 Å². The number of tetrazole rings is 1. The molecule has 5 N–H and O–H groups in total. The Balaban J connectivity index is 1.10. The lowest BCUT2D eigenvalue weighted by atomic mass is 10.0. The van der Waals surface area contributed by atoms with Crippen molar-refractivity contribution in [1.82, 2.24) is 35.7 Å². The molecule has 0 saturated heterocycles. The van der Waals surface area contributed by atoms with Crippen LogP contribution in [-0.2, 0) is 16.0 Å². The van der Waals surface area contributed by atoms with Gasteiger partial charge in [-0.2, -0.15) is 9.78 Å². The maximum absolute atomic E-state index is 13.4. The Morgan fingerprint density at radius 1 is 0.872 bits per heavy atom. The number of H-pyrrole nitrogens is 1. The first-order chi connectivity index (χ1) is 22.9. The van der Waals surface area contributed by atoms with E-state index in [0.29, 0.717) is 33.3 Å². The second kappa shape index (κ2) is 14.2. The molecule has 14 heteroatoms. The normalized spacial score (nSPS) is 11.7. The molecular formula is C33H27ClN10O3. The van der Waals surface area contributed by atoms with Crippen LogP contribution in [0.2, 0.25) is 5.02 Å². The van der Waals surface area contributed by atoms with E-state index in [4.69, 9.17) is 11.6 Å². The minimum atomic E-state index is -0.899. The van der Waals surface area contributed by atoms with Crippen molar-refractivity contribution in [2.24, 2.45) is 0 Å². The van der Waals surface area contributed by atoms with E-state index in [2.05, 4.69) is 47.0 Å². The number of benzene rings is 4. The number of fused-ring (bicyclic) bond motifs is 1. The monoisotopic (exact) mass is 646 g/mol. The van der Waals surface area contributed by atoms with E-state index in [9.17, 15) is 14.4 Å². The molecule has 0 unspecified atom stereocenters. The molecule has 0 aliphatic carbocycles. The predicted molar refractivity (Wildman–Crippen MR) is 179 cm³/mol. The summed E-state index contributed by atoms with van der Waals surface area (Å²) in [7, 11) is 0. The van der Waals surface area contributed by atoms with Crippen LogP contribution in [0.25, 0.3) is 22.7 Å². The van der Waals surface area contributed by atoms with Crippen LogP contribution in [0.3, 0.4) is 0 Å². The lowest BCUT2D eigenvalue weighted by molar-refractivity contribution is -0.123. The third-order valence-corrected chi connectivity index (χ3v) is 7.26. The molecule has 1 atom stereocenters. The number of amides is 4. The van der Waals surface area contributed by atoms with Crippen molar-refractivity contribution in [2.45, 2.75) is 12.5 Å². The Kier molecular flexibility index (Phi) is 9.25. The number of halogens is 1. The largest absolute Gasteiger partial charge is 0.340 e. The lowest BCUT2D eigenvalue weighted by Gasteiger charge is -2.18. The lowest BCUT2D eigenvalue weighted by Crippen LogP contribution is -2.44. The van der Waals surface area contributed by atoms with E-state index in [0.717, 1.165) is 16.5 Å². The Labute approximate surface area is 273 Å². The summed E-state index contributed by atoms with van der Waals surface area (Å²) >= 11 is 6.19. The molecule has 13 nitrogen and oxygen atoms in total. The van der Waals surface area contributed by atoms with Gasteiger partial charge in [-0.05, 0) is 82.7 Å². The molecule has 0 aliphatic heterocycles. The van der Waals surface area contributed by atoms with Gasteiger partial charge >= 0.3 is 6.03 Å². The van der Waals surface area contributed by atoms with Gasteiger partial charge in [-0.3, -0.25) is 14.7 Å². The molecule has 0 spiro atoms. The standard InChI is InChI=1S/C33H27ClN10O3/c34-24-7-14-30(44-20-36-42-43-44)22(17-24)6-15-31(45)40-29(16-21-4-2-1-3-5-21)32(46)37-25-8-10-26(11-9-25)38-33(47)39-27-12-13-28-23(18-27)19-35-41-28/h1-15,17-20,29H,16H2,(H,35,41)(H,37,46)(H,40,45)(H2,38,39,47)/b15-6+/t29-/m0/s1. The van der Waals surface area contributed by atoms with Crippen molar-refractivity contribution in [3.63, 3.8) is 0 Å². The molecule has 47 heavy (non-hydrogen) atoms. The van der Waals surface area contributed by atoms with Gasteiger partial charge in [-0.1, -0.05) is 41.9 Å². The predicted octanol–water partition coefficient (Wildman–Crippen LogP) is 5.22. The maximum Gasteiger partial charge on any atom is 0.323 e. The van der Waals surface area contributed by atoms with Crippen LogP contribution < -0.4 is 21.3 Å². The summed E-state index contributed by atoms with van der Waals surface area (Å²) in [5.74, 6) is -0.901. The van der Waals surface area contributed by atoms with Crippen molar-refractivity contribution < 1.29 is 14.4 Å². The second-order valence-electron chi connectivity index (χ2n) is 10.4. The van der Waals surface area contributed by atoms with Crippen LogP contribution in [0.1, 0.15) is 11.1 Å². The average molecular weight is 647 g/mol. The van der Waals surface area contributed by atoms with Crippen LogP contribution in [0.15, 0.2) is 110 Å². The zero-order valence-electron chi connectivity index (χ0n) is 24.6. The fourth-order valence-corrected chi connectivity index (χ4v) is 4.94. The molecule has 0 aliphatic rings. The third kappa shape index (κ3) is 8.04. The molecule has 4 amide bonds. The van der Waals surface area contributed by atoms with Gasteiger partial charge in [0.1, 0.15) is 12.4 Å². The summed E-state index contributed by atoms with van der Waals surface area (Å²) in [6.45, 7) is 0. The summed E-state index contributed by atoms with van der Waals surface area (Å²) in [6.07, 6.45) is 6.26. The SMILES string of the molecule is O=C(/C=C/c1cc(Cl)ccc1-n1cnnn1)N[C@@H](Cc1ccccc1)C(=O)Nc1ccc(NC(=O)Nc2ccc3[nH]ncc3c2)cc1. The van der Waals surface area contributed by atoms with Crippen molar-refractivity contribution in [3.8, 4) is 5.69 Å². The minimum absolute atomic E-state index is 0.254. The molecule has 6 rings (SSSR count). The Morgan fingerprint density at radius 3 is 2.38 bits per heavy atom. The number of aromatic nitrogens is 6. The highest BCUT2D eigenvalue weighted by Crippen LogP contribution is 2.21. The van der Waals surface area contributed by atoms with Crippen LogP contribution >= 0.6 is 11.6 Å². The molecule has 0 fully saturated rings. The number of hydrogen-bond acceptors (Lipinski definition) is 7.